The Morgan fingerprint density at radius 2 is 1.23 bits per heavy atom. The number of likely N-dealkylation sites (tertiary alicyclic amines) is 2. The summed E-state index contributed by atoms with van der Waals surface area (Å²) in [6.45, 7) is 8.44. The zero-order chi connectivity index (χ0) is 43.3. The number of benzene rings is 3. The van der Waals surface area contributed by atoms with Crippen LogP contribution < -0.4 is 10.6 Å². The highest BCUT2D eigenvalue weighted by molar-refractivity contribution is 5.89. The second-order valence-electron chi connectivity index (χ2n) is 16.7. The first-order chi connectivity index (χ1) is 29.2. The predicted molar refractivity (Wildman–Crippen MR) is 223 cm³/mol. The normalized spacial score (nSPS) is 18.9. The van der Waals surface area contributed by atoms with Gasteiger partial charge in [-0.3, -0.25) is 9.59 Å². The molecule has 16 heteroatoms. The van der Waals surface area contributed by atoms with Gasteiger partial charge in [0, 0.05) is 29.8 Å². The summed E-state index contributed by atoms with van der Waals surface area (Å²) in [4.78, 5) is 70.9. The number of methoxy groups -OCH3 is 2. The van der Waals surface area contributed by atoms with Gasteiger partial charge in [0.05, 0.1) is 49.2 Å². The van der Waals surface area contributed by atoms with Crippen molar-refractivity contribution in [1.29, 1.82) is 0 Å². The van der Waals surface area contributed by atoms with E-state index in [4.69, 9.17) is 14.5 Å². The van der Waals surface area contributed by atoms with Crippen molar-refractivity contribution in [3.8, 4) is 33.5 Å². The van der Waals surface area contributed by atoms with Crippen LogP contribution in [-0.2, 0) is 25.0 Å². The standard InChI is InChI=1S/C45H50F2N8O6/c1-23(2)37(52-43(58)60-5)41(56)54-17-7-9-35(54)39-48-22-34(51-39)27-12-15-29-28-14-11-25(19-30(28)45(46,47)31(29)20-27)26-13-16-32-33(21-26)50-40(49-32)36-10-8-18-55(36)42(57)38(24(3)4)53-44(59)61-6/h11-16,19-24,35-38H,7-10,17-18H2,1-6H3,(H,48,51)(H,49,50)(H,52,58)(H,53,59)/t35-,36-,37?,38-/m0/s1. The number of fused-ring (bicyclic) bond motifs is 4. The molecule has 5 aromatic rings. The average molecular weight is 837 g/mol. The van der Waals surface area contributed by atoms with Gasteiger partial charge in [-0.15, -0.1) is 0 Å². The van der Waals surface area contributed by atoms with Gasteiger partial charge in [-0.05, 0) is 84.0 Å². The van der Waals surface area contributed by atoms with E-state index in [1.54, 1.807) is 40.3 Å². The lowest BCUT2D eigenvalue weighted by Crippen LogP contribution is -2.51. The molecule has 1 aliphatic carbocycles. The van der Waals surface area contributed by atoms with Crippen molar-refractivity contribution in [3.63, 3.8) is 0 Å². The first kappa shape index (κ1) is 41.4. The first-order valence-corrected chi connectivity index (χ1v) is 20.7. The Labute approximate surface area is 351 Å². The lowest BCUT2D eigenvalue weighted by atomic mass is 9.98. The molecule has 0 spiro atoms. The van der Waals surface area contributed by atoms with Crippen molar-refractivity contribution in [3.05, 3.63) is 83.6 Å². The van der Waals surface area contributed by atoms with Gasteiger partial charge in [0.2, 0.25) is 11.8 Å². The first-order valence-electron chi connectivity index (χ1n) is 20.7. The van der Waals surface area contributed by atoms with Crippen LogP contribution in [0.5, 0.6) is 0 Å². The summed E-state index contributed by atoms with van der Waals surface area (Å²) in [5.41, 5.74) is 4.53. The number of aromatic nitrogens is 4. The van der Waals surface area contributed by atoms with Crippen molar-refractivity contribution in [1.82, 2.24) is 40.4 Å². The Bertz CT molecular complexity index is 2510. The summed E-state index contributed by atoms with van der Waals surface area (Å²) in [6.07, 6.45) is 3.13. The molecule has 3 aromatic carbocycles. The van der Waals surface area contributed by atoms with Gasteiger partial charge in [0.1, 0.15) is 23.7 Å². The highest BCUT2D eigenvalue weighted by Crippen LogP contribution is 2.53. The minimum Gasteiger partial charge on any atom is -0.453 e. The van der Waals surface area contributed by atoms with Crippen molar-refractivity contribution >= 4 is 35.0 Å². The largest absolute Gasteiger partial charge is 0.453 e. The molecular formula is C45H50F2N8O6. The van der Waals surface area contributed by atoms with E-state index in [-0.39, 0.29) is 46.9 Å². The molecule has 320 valence electrons. The molecule has 3 aliphatic rings. The number of alkyl carbamates (subject to hydrolysis) is 2. The summed E-state index contributed by atoms with van der Waals surface area (Å²) >= 11 is 0. The Morgan fingerprint density at radius 1 is 0.721 bits per heavy atom. The molecule has 4 heterocycles. The average Bonchev–Trinajstić information content (AvgIpc) is 4.10. The highest BCUT2D eigenvalue weighted by Gasteiger charge is 2.45. The van der Waals surface area contributed by atoms with E-state index in [1.807, 2.05) is 52.0 Å². The fourth-order valence-corrected chi connectivity index (χ4v) is 8.98. The number of rotatable bonds is 10. The third kappa shape index (κ3) is 7.56. The molecule has 8 rings (SSSR count). The third-order valence-electron chi connectivity index (χ3n) is 12.2. The third-order valence-corrected chi connectivity index (χ3v) is 12.2. The highest BCUT2D eigenvalue weighted by atomic mass is 19.3. The molecule has 2 saturated heterocycles. The number of amides is 4. The maximum atomic E-state index is 16.5. The maximum absolute atomic E-state index is 16.5. The van der Waals surface area contributed by atoms with Gasteiger partial charge in [0.15, 0.2) is 0 Å². The van der Waals surface area contributed by atoms with E-state index in [1.165, 1.54) is 20.3 Å². The SMILES string of the molecule is COC(=O)NC(C(=O)N1CCC[C@H]1c1ncc(-c2ccc3c(c2)C(F)(F)c2cc(-c4ccc5nc([C@@H]6CCCN6C(=O)[C@@H](NC(=O)OC)C(C)C)[nH]c5c4)ccc2-3)[nH]1)C(C)C. The Morgan fingerprint density at radius 3 is 1.79 bits per heavy atom. The number of imidazole rings is 2. The number of hydrogen-bond donors (Lipinski definition) is 4. The summed E-state index contributed by atoms with van der Waals surface area (Å²) in [5.74, 6) is -2.91. The summed E-state index contributed by atoms with van der Waals surface area (Å²) in [7, 11) is 2.51. The van der Waals surface area contributed by atoms with Crippen LogP contribution in [0.25, 0.3) is 44.5 Å². The molecular weight excluding hydrogens is 787 g/mol. The molecule has 0 saturated carbocycles. The van der Waals surface area contributed by atoms with Crippen LogP contribution in [0.3, 0.4) is 0 Å². The fraction of sp³-hybridized carbons (Fsp3) is 0.422. The Kier molecular flexibility index (Phi) is 11.0. The molecule has 4 N–H and O–H groups in total. The van der Waals surface area contributed by atoms with Crippen LogP contribution in [0, 0.1) is 11.8 Å². The van der Waals surface area contributed by atoms with E-state index >= 15 is 8.78 Å². The van der Waals surface area contributed by atoms with Crippen molar-refractivity contribution in [2.45, 2.75) is 83.5 Å². The molecule has 61 heavy (non-hydrogen) atoms. The molecule has 4 atom stereocenters. The number of carbonyl (C=O) groups is 4. The number of alkyl halides is 2. The second-order valence-corrected chi connectivity index (χ2v) is 16.7. The van der Waals surface area contributed by atoms with Crippen LogP contribution in [-0.4, -0.2) is 93.1 Å². The minimum absolute atomic E-state index is 0.0893. The Hall–Kier alpha value is -6.32. The number of carbonyl (C=O) groups excluding carboxylic acids is 4. The molecule has 1 unspecified atom stereocenters. The van der Waals surface area contributed by atoms with Gasteiger partial charge in [-0.25, -0.2) is 19.6 Å². The van der Waals surface area contributed by atoms with Crippen LogP contribution >= 0.6 is 0 Å². The van der Waals surface area contributed by atoms with Crippen molar-refractivity contribution in [2.24, 2.45) is 11.8 Å². The van der Waals surface area contributed by atoms with E-state index in [0.29, 0.717) is 76.6 Å². The van der Waals surface area contributed by atoms with Crippen molar-refractivity contribution < 1.29 is 37.4 Å². The number of hydrogen-bond acceptors (Lipinski definition) is 8. The summed E-state index contributed by atoms with van der Waals surface area (Å²) in [5, 5.41) is 5.32. The molecule has 2 aromatic heterocycles. The van der Waals surface area contributed by atoms with Gasteiger partial charge in [-0.1, -0.05) is 58.0 Å². The van der Waals surface area contributed by atoms with E-state index in [0.717, 1.165) is 18.4 Å². The van der Waals surface area contributed by atoms with Gasteiger partial charge >= 0.3 is 12.2 Å². The van der Waals surface area contributed by atoms with E-state index in [2.05, 4.69) is 25.6 Å². The number of halogens is 2. The number of nitrogens with one attached hydrogen (secondary N) is 4. The predicted octanol–water partition coefficient (Wildman–Crippen LogP) is 7.83. The zero-order valence-corrected chi connectivity index (χ0v) is 35.0. The van der Waals surface area contributed by atoms with Crippen LogP contribution in [0.15, 0.2) is 60.8 Å². The van der Waals surface area contributed by atoms with Crippen LogP contribution in [0.2, 0.25) is 0 Å². The summed E-state index contributed by atoms with van der Waals surface area (Å²) in [6, 6.07) is 13.5. The maximum Gasteiger partial charge on any atom is 0.407 e. The molecule has 0 radical (unpaired) electrons. The number of aromatic amines is 2. The zero-order valence-electron chi connectivity index (χ0n) is 35.0. The van der Waals surface area contributed by atoms with E-state index < -0.39 is 30.2 Å². The summed E-state index contributed by atoms with van der Waals surface area (Å²) < 4.78 is 42.5. The molecule has 14 nitrogen and oxygen atoms in total. The second kappa shape index (κ2) is 16.3. The monoisotopic (exact) mass is 836 g/mol. The topological polar surface area (TPSA) is 175 Å². The fourth-order valence-electron chi connectivity index (χ4n) is 8.98. The van der Waals surface area contributed by atoms with Gasteiger partial charge < -0.3 is 39.9 Å². The molecule has 4 amide bonds. The lowest BCUT2D eigenvalue weighted by molar-refractivity contribution is -0.136. The molecule has 2 fully saturated rings. The lowest BCUT2D eigenvalue weighted by Gasteiger charge is -2.30. The van der Waals surface area contributed by atoms with Gasteiger partial charge in [-0.2, -0.15) is 8.78 Å². The van der Waals surface area contributed by atoms with Crippen LogP contribution in [0.1, 0.15) is 88.2 Å². The number of nitrogens with zero attached hydrogens (tertiary/aromatic N) is 4. The Balaban J connectivity index is 1.01. The number of ether oxygens (including phenoxy) is 2. The quantitative estimate of drug-likeness (QED) is 0.110. The number of H-pyrrole nitrogens is 2. The van der Waals surface area contributed by atoms with Crippen molar-refractivity contribution in [2.75, 3.05) is 27.3 Å². The van der Waals surface area contributed by atoms with Gasteiger partial charge in [0.25, 0.3) is 5.92 Å². The molecule has 2 aliphatic heterocycles. The minimum atomic E-state index is -3.28. The smallest absolute Gasteiger partial charge is 0.407 e. The molecule has 0 bridgehead atoms. The van der Waals surface area contributed by atoms with Crippen LogP contribution in [0.4, 0.5) is 18.4 Å². The van der Waals surface area contributed by atoms with E-state index in [9.17, 15) is 19.2 Å².